The molecule has 0 saturated heterocycles. The predicted octanol–water partition coefficient (Wildman–Crippen LogP) is 3.20. The molecule has 1 aliphatic heterocycles. The highest BCUT2D eigenvalue weighted by Gasteiger charge is 2.31. The van der Waals surface area contributed by atoms with Gasteiger partial charge in [0.2, 0.25) is 0 Å². The molecule has 0 aromatic heterocycles. The van der Waals surface area contributed by atoms with Gasteiger partial charge in [-0.25, -0.2) is 10.2 Å². The van der Waals surface area contributed by atoms with Crippen molar-refractivity contribution in [3.05, 3.63) is 59.7 Å². The number of ether oxygens (including phenoxy) is 2. The van der Waals surface area contributed by atoms with Crippen molar-refractivity contribution in [1.29, 1.82) is 0 Å². The summed E-state index contributed by atoms with van der Waals surface area (Å²) in [6.07, 6.45) is 0.560. The zero-order chi connectivity index (χ0) is 17.9. The number of urea groups is 1. The summed E-state index contributed by atoms with van der Waals surface area (Å²) in [5.41, 5.74) is 9.60. The fourth-order valence-corrected chi connectivity index (χ4v) is 2.71. The van der Waals surface area contributed by atoms with Crippen molar-refractivity contribution in [3.8, 4) is 11.5 Å². The molecular weight excluding hydrogens is 318 g/mol. The summed E-state index contributed by atoms with van der Waals surface area (Å²) in [6.45, 7) is 4.41. The fraction of sp³-hybridized carbons (Fsp3) is 0.263. The van der Waals surface area contributed by atoms with Crippen LogP contribution in [0, 0.1) is 0 Å². The van der Waals surface area contributed by atoms with Gasteiger partial charge in [0.15, 0.2) is 0 Å². The lowest BCUT2D eigenvalue weighted by molar-refractivity contribution is 0.110. The molecule has 6 nitrogen and oxygen atoms in total. The van der Waals surface area contributed by atoms with Gasteiger partial charge in [0.1, 0.15) is 23.7 Å². The van der Waals surface area contributed by atoms with Crippen LogP contribution in [0.25, 0.3) is 0 Å². The number of hydrazone groups is 1. The van der Waals surface area contributed by atoms with Crippen LogP contribution in [0.5, 0.6) is 11.5 Å². The number of nitrogens with one attached hydrogen (secondary N) is 1. The standard InChI is InChI=1S/C19H21N3O3/c1-19(2)11-16(21-22-18(20)23)15-9-8-14(10-17(15)25-19)24-12-13-6-4-3-5-7-13/h3-10H,11-12H2,1-2H3,(H3,20,22,23)/b21-16-. The number of hydrogen-bond donors (Lipinski definition) is 2. The second-order valence-corrected chi connectivity index (χ2v) is 6.51. The van der Waals surface area contributed by atoms with E-state index in [1.54, 1.807) is 0 Å². The van der Waals surface area contributed by atoms with Gasteiger partial charge in [0, 0.05) is 18.1 Å². The lowest BCUT2D eigenvalue weighted by Gasteiger charge is -2.33. The van der Waals surface area contributed by atoms with Crippen LogP contribution in [-0.2, 0) is 6.61 Å². The zero-order valence-corrected chi connectivity index (χ0v) is 14.3. The third-order valence-electron chi connectivity index (χ3n) is 3.79. The van der Waals surface area contributed by atoms with Gasteiger partial charge >= 0.3 is 6.03 Å². The minimum Gasteiger partial charge on any atom is -0.489 e. The molecule has 25 heavy (non-hydrogen) atoms. The van der Waals surface area contributed by atoms with Crippen LogP contribution in [0.2, 0.25) is 0 Å². The number of rotatable bonds is 4. The Morgan fingerprint density at radius 3 is 2.76 bits per heavy atom. The van der Waals surface area contributed by atoms with E-state index in [0.29, 0.717) is 24.5 Å². The van der Waals surface area contributed by atoms with E-state index in [1.165, 1.54) is 0 Å². The highest BCUT2D eigenvalue weighted by Crippen LogP contribution is 2.36. The lowest BCUT2D eigenvalue weighted by atomic mass is 9.92. The Labute approximate surface area is 146 Å². The molecule has 0 unspecified atom stereocenters. The summed E-state index contributed by atoms with van der Waals surface area (Å²) >= 11 is 0. The third kappa shape index (κ3) is 4.29. The van der Waals surface area contributed by atoms with Crippen molar-refractivity contribution in [2.24, 2.45) is 10.8 Å². The van der Waals surface area contributed by atoms with Crippen molar-refractivity contribution in [2.75, 3.05) is 0 Å². The van der Waals surface area contributed by atoms with Gasteiger partial charge in [-0.05, 0) is 31.5 Å². The summed E-state index contributed by atoms with van der Waals surface area (Å²) in [6, 6.07) is 14.9. The van der Waals surface area contributed by atoms with E-state index in [4.69, 9.17) is 15.2 Å². The number of fused-ring (bicyclic) bond motifs is 1. The molecule has 2 aromatic rings. The SMILES string of the molecule is CC1(C)C/C(=N/NC(N)=O)c2ccc(OCc3ccccc3)cc2O1. The molecule has 0 atom stereocenters. The minimum absolute atomic E-state index is 0.441. The lowest BCUT2D eigenvalue weighted by Crippen LogP contribution is -2.37. The van der Waals surface area contributed by atoms with Crippen molar-refractivity contribution in [2.45, 2.75) is 32.5 Å². The van der Waals surface area contributed by atoms with E-state index < -0.39 is 11.6 Å². The fourth-order valence-electron chi connectivity index (χ4n) is 2.71. The Balaban J connectivity index is 1.82. The summed E-state index contributed by atoms with van der Waals surface area (Å²) < 4.78 is 11.9. The van der Waals surface area contributed by atoms with Crippen LogP contribution in [0.4, 0.5) is 4.79 Å². The molecule has 130 valence electrons. The molecule has 0 radical (unpaired) electrons. The Bertz CT molecular complexity index is 801. The first-order valence-electron chi connectivity index (χ1n) is 8.05. The van der Waals surface area contributed by atoms with Gasteiger partial charge in [-0.15, -0.1) is 0 Å². The van der Waals surface area contributed by atoms with Gasteiger partial charge in [-0.3, -0.25) is 0 Å². The topological polar surface area (TPSA) is 85.9 Å². The van der Waals surface area contributed by atoms with Gasteiger partial charge in [0.05, 0.1) is 5.71 Å². The molecule has 0 spiro atoms. The highest BCUT2D eigenvalue weighted by molar-refractivity contribution is 6.04. The molecule has 0 fully saturated rings. The molecule has 6 heteroatoms. The Morgan fingerprint density at radius 2 is 2.04 bits per heavy atom. The first-order chi connectivity index (χ1) is 11.9. The molecule has 0 saturated carbocycles. The Kier molecular flexibility index (Phi) is 4.61. The number of carbonyl (C=O) groups excluding carboxylic acids is 1. The first-order valence-corrected chi connectivity index (χ1v) is 8.05. The van der Waals surface area contributed by atoms with Crippen LogP contribution in [0.15, 0.2) is 53.6 Å². The van der Waals surface area contributed by atoms with E-state index in [-0.39, 0.29) is 0 Å². The monoisotopic (exact) mass is 339 g/mol. The summed E-state index contributed by atoms with van der Waals surface area (Å²) in [7, 11) is 0. The van der Waals surface area contributed by atoms with Gasteiger partial charge in [0.25, 0.3) is 0 Å². The quantitative estimate of drug-likeness (QED) is 0.839. The predicted molar refractivity (Wildman–Crippen MR) is 95.8 cm³/mol. The number of carbonyl (C=O) groups is 1. The van der Waals surface area contributed by atoms with Crippen LogP contribution in [0.3, 0.4) is 0 Å². The van der Waals surface area contributed by atoms with Crippen molar-refractivity contribution >= 4 is 11.7 Å². The molecule has 0 bridgehead atoms. The number of amides is 2. The van der Waals surface area contributed by atoms with Crippen LogP contribution >= 0.6 is 0 Å². The number of hydrogen-bond acceptors (Lipinski definition) is 4. The average Bonchev–Trinajstić information content (AvgIpc) is 2.57. The zero-order valence-electron chi connectivity index (χ0n) is 14.3. The highest BCUT2D eigenvalue weighted by atomic mass is 16.5. The summed E-state index contributed by atoms with van der Waals surface area (Å²) in [4.78, 5) is 10.9. The maximum Gasteiger partial charge on any atom is 0.332 e. The summed E-state index contributed by atoms with van der Waals surface area (Å²) in [5, 5.41) is 4.11. The van der Waals surface area contributed by atoms with Crippen molar-refractivity contribution < 1.29 is 14.3 Å². The molecule has 3 rings (SSSR count). The second kappa shape index (κ2) is 6.84. The normalized spacial score (nSPS) is 16.6. The largest absolute Gasteiger partial charge is 0.489 e. The van der Waals surface area contributed by atoms with Crippen LogP contribution in [-0.4, -0.2) is 17.3 Å². The molecule has 0 aliphatic carbocycles. The number of primary amides is 1. The smallest absolute Gasteiger partial charge is 0.332 e. The maximum atomic E-state index is 10.9. The third-order valence-corrected chi connectivity index (χ3v) is 3.79. The molecular formula is C19H21N3O3. The van der Waals surface area contributed by atoms with Crippen molar-refractivity contribution in [1.82, 2.24) is 5.43 Å². The Morgan fingerprint density at radius 1 is 1.28 bits per heavy atom. The first kappa shape index (κ1) is 16.8. The molecule has 2 aromatic carbocycles. The van der Waals surface area contributed by atoms with Gasteiger partial charge in [-0.1, -0.05) is 30.3 Å². The van der Waals surface area contributed by atoms with E-state index in [2.05, 4.69) is 10.5 Å². The molecule has 3 N–H and O–H groups in total. The Hall–Kier alpha value is -3.02. The van der Waals surface area contributed by atoms with E-state index in [1.807, 2.05) is 62.4 Å². The number of benzene rings is 2. The van der Waals surface area contributed by atoms with Gasteiger partial charge in [-0.2, -0.15) is 5.10 Å². The number of nitrogens with two attached hydrogens (primary N) is 1. The summed E-state index contributed by atoms with van der Waals surface area (Å²) in [5.74, 6) is 1.38. The number of nitrogens with zero attached hydrogens (tertiary/aromatic N) is 1. The average molecular weight is 339 g/mol. The molecule has 2 amide bonds. The van der Waals surface area contributed by atoms with E-state index in [9.17, 15) is 4.79 Å². The maximum absolute atomic E-state index is 10.9. The van der Waals surface area contributed by atoms with Crippen molar-refractivity contribution in [3.63, 3.8) is 0 Å². The minimum atomic E-state index is -0.693. The molecule has 1 heterocycles. The van der Waals surface area contributed by atoms with E-state index in [0.717, 1.165) is 16.8 Å². The van der Waals surface area contributed by atoms with Gasteiger partial charge < -0.3 is 15.2 Å². The second-order valence-electron chi connectivity index (χ2n) is 6.51. The van der Waals surface area contributed by atoms with E-state index >= 15 is 0 Å². The van der Waals surface area contributed by atoms with Crippen LogP contribution < -0.4 is 20.6 Å². The molecule has 1 aliphatic rings. The van der Waals surface area contributed by atoms with Crippen LogP contribution in [0.1, 0.15) is 31.4 Å².